The number of halogens is 2. The summed E-state index contributed by atoms with van der Waals surface area (Å²) in [6, 6.07) is 15.0. The third kappa shape index (κ3) is 4.25. The van der Waals surface area contributed by atoms with Gasteiger partial charge < -0.3 is 4.43 Å². The fourth-order valence-corrected chi connectivity index (χ4v) is 3.92. The summed E-state index contributed by atoms with van der Waals surface area (Å²) in [4.78, 5) is 0. The van der Waals surface area contributed by atoms with E-state index in [0.717, 1.165) is 12.1 Å². The van der Waals surface area contributed by atoms with Gasteiger partial charge >= 0.3 is 0 Å². The first kappa shape index (κ1) is 14.9. The molecule has 4 heteroatoms. The van der Waals surface area contributed by atoms with Crippen molar-refractivity contribution in [3.05, 3.63) is 71.3 Å². The first-order valence-electron chi connectivity index (χ1n) is 6.58. The summed E-state index contributed by atoms with van der Waals surface area (Å²) in [5, 5.41) is 0. The molecule has 20 heavy (non-hydrogen) atoms. The zero-order valence-corrected chi connectivity index (χ0v) is 12.7. The third-order valence-electron chi connectivity index (χ3n) is 3.09. The lowest BCUT2D eigenvalue weighted by atomic mass is 10.2. The van der Waals surface area contributed by atoms with Crippen LogP contribution >= 0.6 is 0 Å². The van der Waals surface area contributed by atoms with Crippen LogP contribution in [0.5, 0.6) is 0 Å². The number of benzene rings is 2. The van der Waals surface area contributed by atoms with Crippen LogP contribution in [0.25, 0.3) is 0 Å². The Labute approximate surface area is 119 Å². The smallest absolute Gasteiger partial charge is 0.191 e. The van der Waals surface area contributed by atoms with Crippen molar-refractivity contribution in [3.8, 4) is 0 Å². The summed E-state index contributed by atoms with van der Waals surface area (Å²) in [7, 11) is -1.87. The van der Waals surface area contributed by atoms with E-state index in [9.17, 15) is 8.78 Å². The fraction of sp³-hybridized carbons (Fsp3) is 0.250. The molecule has 0 saturated heterocycles. The van der Waals surface area contributed by atoms with Crippen LogP contribution in [0.1, 0.15) is 11.1 Å². The molecule has 0 amide bonds. The molecule has 0 heterocycles. The maximum absolute atomic E-state index is 13.1. The van der Waals surface area contributed by atoms with Crippen LogP contribution in [0.3, 0.4) is 0 Å². The molecule has 2 aromatic carbocycles. The van der Waals surface area contributed by atoms with E-state index in [1.165, 1.54) is 11.6 Å². The predicted molar refractivity (Wildman–Crippen MR) is 78.8 cm³/mol. The summed E-state index contributed by atoms with van der Waals surface area (Å²) in [5.41, 5.74) is 1.91. The van der Waals surface area contributed by atoms with Crippen molar-refractivity contribution < 1.29 is 13.2 Å². The minimum atomic E-state index is -1.87. The first-order chi connectivity index (χ1) is 9.46. The third-order valence-corrected chi connectivity index (χ3v) is 5.27. The monoisotopic (exact) mass is 292 g/mol. The molecule has 0 aliphatic rings. The fourth-order valence-electron chi connectivity index (χ4n) is 2.05. The van der Waals surface area contributed by atoms with Gasteiger partial charge in [-0.15, -0.1) is 0 Å². The highest BCUT2D eigenvalue weighted by molar-refractivity contribution is 6.70. The van der Waals surface area contributed by atoms with E-state index in [-0.39, 0.29) is 0 Å². The van der Waals surface area contributed by atoms with Crippen molar-refractivity contribution in [2.45, 2.75) is 25.7 Å². The van der Waals surface area contributed by atoms with Crippen molar-refractivity contribution in [2.24, 2.45) is 0 Å². The molecule has 0 aliphatic carbocycles. The lowest BCUT2D eigenvalue weighted by molar-refractivity contribution is 0.293. The normalized spacial score (nSPS) is 11.6. The SMILES string of the molecule is C[Si](C)(Cc1ccccc1)OCc1ccc(F)c(F)c1. The second-order valence-electron chi connectivity index (χ2n) is 5.46. The highest BCUT2D eigenvalue weighted by Gasteiger charge is 2.23. The molecule has 0 atom stereocenters. The van der Waals surface area contributed by atoms with Gasteiger partial charge in [-0.3, -0.25) is 0 Å². The Kier molecular flexibility index (Phi) is 4.67. The van der Waals surface area contributed by atoms with Crippen LogP contribution < -0.4 is 0 Å². The Bertz CT molecular complexity index is 570. The van der Waals surface area contributed by atoms with Crippen LogP contribution in [0.15, 0.2) is 48.5 Å². The lowest BCUT2D eigenvalue weighted by Gasteiger charge is -2.23. The number of hydrogen-bond donors (Lipinski definition) is 0. The molecule has 0 saturated carbocycles. The second kappa shape index (κ2) is 6.28. The van der Waals surface area contributed by atoms with E-state index in [0.29, 0.717) is 12.2 Å². The molecule has 0 aromatic heterocycles. The van der Waals surface area contributed by atoms with Crippen LogP contribution in [0, 0.1) is 11.6 Å². The molecule has 0 radical (unpaired) electrons. The average molecular weight is 292 g/mol. The Hall–Kier alpha value is -1.52. The summed E-state index contributed by atoms with van der Waals surface area (Å²) >= 11 is 0. The van der Waals surface area contributed by atoms with Crippen molar-refractivity contribution in [1.29, 1.82) is 0 Å². The van der Waals surface area contributed by atoms with Crippen molar-refractivity contribution in [1.82, 2.24) is 0 Å². The molecule has 0 N–H and O–H groups in total. The molecule has 2 rings (SSSR count). The molecule has 2 aromatic rings. The Balaban J connectivity index is 1.96. The zero-order chi connectivity index (χ0) is 14.6. The van der Waals surface area contributed by atoms with Gasteiger partial charge in [0, 0.05) is 0 Å². The maximum atomic E-state index is 13.1. The van der Waals surface area contributed by atoms with Gasteiger partial charge in [-0.2, -0.15) is 0 Å². The van der Waals surface area contributed by atoms with E-state index in [1.807, 2.05) is 18.2 Å². The van der Waals surface area contributed by atoms with Gasteiger partial charge in [0.2, 0.25) is 0 Å². The Morgan fingerprint density at radius 2 is 1.60 bits per heavy atom. The molecule has 0 bridgehead atoms. The van der Waals surface area contributed by atoms with Crippen LogP contribution in [0.4, 0.5) is 8.78 Å². The largest absolute Gasteiger partial charge is 0.413 e. The van der Waals surface area contributed by atoms with Gasteiger partial charge in [0.05, 0.1) is 6.61 Å². The van der Waals surface area contributed by atoms with E-state index < -0.39 is 20.0 Å². The van der Waals surface area contributed by atoms with Gasteiger partial charge in [-0.1, -0.05) is 36.4 Å². The standard InChI is InChI=1S/C16H18F2OSi/c1-20(2,12-13-6-4-3-5-7-13)19-11-14-8-9-15(17)16(18)10-14/h3-10H,11-12H2,1-2H3. The number of hydrogen-bond acceptors (Lipinski definition) is 1. The first-order valence-corrected chi connectivity index (χ1v) is 9.70. The highest BCUT2D eigenvalue weighted by atomic mass is 28.4. The van der Waals surface area contributed by atoms with Crippen LogP contribution in [-0.4, -0.2) is 8.32 Å². The van der Waals surface area contributed by atoms with E-state index in [4.69, 9.17) is 4.43 Å². The van der Waals surface area contributed by atoms with Crippen molar-refractivity contribution >= 4 is 8.32 Å². The molecular formula is C16H18F2OSi. The van der Waals surface area contributed by atoms with E-state index in [1.54, 1.807) is 6.07 Å². The second-order valence-corrected chi connectivity index (χ2v) is 9.62. The molecule has 0 spiro atoms. The average Bonchev–Trinajstić information content (AvgIpc) is 2.41. The summed E-state index contributed by atoms with van der Waals surface area (Å²) in [6.45, 7) is 4.57. The predicted octanol–water partition coefficient (Wildman–Crippen LogP) is 4.47. The van der Waals surface area contributed by atoms with Gasteiger partial charge in [0.1, 0.15) is 0 Å². The van der Waals surface area contributed by atoms with E-state index in [2.05, 4.69) is 25.2 Å². The zero-order valence-electron chi connectivity index (χ0n) is 11.7. The quantitative estimate of drug-likeness (QED) is 0.739. The number of rotatable bonds is 5. The minimum Gasteiger partial charge on any atom is -0.413 e. The molecule has 0 fully saturated rings. The van der Waals surface area contributed by atoms with Crippen molar-refractivity contribution in [3.63, 3.8) is 0 Å². The minimum absolute atomic E-state index is 0.323. The summed E-state index contributed by atoms with van der Waals surface area (Å²) < 4.78 is 31.9. The van der Waals surface area contributed by atoms with Gasteiger partial charge in [0.25, 0.3) is 0 Å². The van der Waals surface area contributed by atoms with Crippen LogP contribution in [0.2, 0.25) is 13.1 Å². The summed E-state index contributed by atoms with van der Waals surface area (Å²) in [6.07, 6.45) is 0. The molecule has 106 valence electrons. The van der Waals surface area contributed by atoms with Gasteiger partial charge in [-0.05, 0) is 42.4 Å². The Morgan fingerprint density at radius 3 is 2.25 bits per heavy atom. The van der Waals surface area contributed by atoms with Crippen molar-refractivity contribution in [2.75, 3.05) is 0 Å². The topological polar surface area (TPSA) is 9.23 Å². The maximum Gasteiger partial charge on any atom is 0.191 e. The molecule has 1 nitrogen and oxygen atoms in total. The molecule has 0 aliphatic heterocycles. The highest BCUT2D eigenvalue weighted by Crippen LogP contribution is 2.17. The van der Waals surface area contributed by atoms with Crippen LogP contribution in [-0.2, 0) is 17.1 Å². The van der Waals surface area contributed by atoms with Gasteiger partial charge in [0.15, 0.2) is 20.0 Å². The molecular weight excluding hydrogens is 274 g/mol. The lowest BCUT2D eigenvalue weighted by Crippen LogP contribution is -2.33. The van der Waals surface area contributed by atoms with Gasteiger partial charge in [-0.25, -0.2) is 8.78 Å². The van der Waals surface area contributed by atoms with E-state index >= 15 is 0 Å². The molecule has 0 unspecified atom stereocenters. The summed E-state index contributed by atoms with van der Waals surface area (Å²) in [5.74, 6) is -1.65. The Morgan fingerprint density at radius 1 is 0.900 bits per heavy atom.